The zero-order chi connectivity index (χ0) is 11.8. The summed E-state index contributed by atoms with van der Waals surface area (Å²) < 4.78 is 3.47. The largest absolute Gasteiger partial charge is 0.339 e. The van der Waals surface area contributed by atoms with Gasteiger partial charge in [0, 0.05) is 18.1 Å². The highest BCUT2D eigenvalue weighted by atomic mass is 35.6. The molecule has 0 fully saturated rings. The number of halogens is 3. The molecule has 0 N–H and O–H groups in total. The second-order valence-electron chi connectivity index (χ2n) is 3.21. The highest BCUT2D eigenvalue weighted by Gasteiger charge is 2.22. The molecule has 1 heterocycles. The van der Waals surface area contributed by atoms with Crippen molar-refractivity contribution >= 4 is 34.8 Å². The van der Waals surface area contributed by atoms with E-state index in [0.29, 0.717) is 17.3 Å². The van der Waals surface area contributed by atoms with Crippen molar-refractivity contribution in [2.45, 2.75) is 10.7 Å². The summed E-state index contributed by atoms with van der Waals surface area (Å²) >= 11 is 17.2. The van der Waals surface area contributed by atoms with Crippen molar-refractivity contribution in [2.75, 3.05) is 0 Å². The molecule has 0 unspecified atom stereocenters. The standard InChI is InChI=1S/C10H7Cl3N2O/c1-6-14-9(15-16-6)7-2-4-8(5-3-7)10(11,12)13/h2-5H,1H3. The Kier molecular flexibility index (Phi) is 3.10. The van der Waals surface area contributed by atoms with Crippen LogP contribution in [0.2, 0.25) is 0 Å². The normalized spacial score (nSPS) is 11.8. The van der Waals surface area contributed by atoms with Crippen LogP contribution >= 0.6 is 34.8 Å². The summed E-state index contributed by atoms with van der Waals surface area (Å²) in [7, 11) is 0. The van der Waals surface area contributed by atoms with Crippen molar-refractivity contribution in [1.29, 1.82) is 0 Å². The molecule has 0 radical (unpaired) electrons. The van der Waals surface area contributed by atoms with Gasteiger partial charge in [0.15, 0.2) is 0 Å². The van der Waals surface area contributed by atoms with E-state index in [-0.39, 0.29) is 0 Å². The lowest BCUT2D eigenvalue weighted by Crippen LogP contribution is -1.99. The fourth-order valence-electron chi connectivity index (χ4n) is 1.22. The van der Waals surface area contributed by atoms with Crippen LogP contribution < -0.4 is 0 Å². The Balaban J connectivity index is 2.33. The number of benzene rings is 1. The maximum Gasteiger partial charge on any atom is 0.223 e. The number of hydrogen-bond acceptors (Lipinski definition) is 3. The van der Waals surface area contributed by atoms with E-state index in [9.17, 15) is 0 Å². The predicted molar refractivity (Wildman–Crippen MR) is 63.7 cm³/mol. The van der Waals surface area contributed by atoms with Gasteiger partial charge in [0.1, 0.15) is 0 Å². The maximum atomic E-state index is 5.74. The molecule has 2 aromatic rings. The van der Waals surface area contributed by atoms with Crippen LogP contribution in [0.25, 0.3) is 11.4 Å². The fourth-order valence-corrected chi connectivity index (χ4v) is 1.60. The van der Waals surface area contributed by atoms with E-state index in [1.165, 1.54) is 0 Å². The number of rotatable bonds is 1. The third kappa shape index (κ3) is 2.48. The summed E-state index contributed by atoms with van der Waals surface area (Å²) in [6.07, 6.45) is 0. The summed E-state index contributed by atoms with van der Waals surface area (Å²) in [6, 6.07) is 6.99. The van der Waals surface area contributed by atoms with Crippen molar-refractivity contribution in [1.82, 2.24) is 10.1 Å². The van der Waals surface area contributed by atoms with Gasteiger partial charge in [0.05, 0.1) is 0 Å². The van der Waals surface area contributed by atoms with Crippen molar-refractivity contribution in [2.24, 2.45) is 0 Å². The summed E-state index contributed by atoms with van der Waals surface area (Å²) in [4.78, 5) is 4.10. The Morgan fingerprint density at radius 1 is 1.12 bits per heavy atom. The van der Waals surface area contributed by atoms with Crippen LogP contribution in [0.1, 0.15) is 11.5 Å². The summed E-state index contributed by atoms with van der Waals surface area (Å²) in [5, 5.41) is 3.79. The number of aryl methyl sites for hydroxylation is 1. The van der Waals surface area contributed by atoms with Gasteiger partial charge in [-0.1, -0.05) is 64.2 Å². The smallest absolute Gasteiger partial charge is 0.223 e. The van der Waals surface area contributed by atoms with Crippen LogP contribution in [0.5, 0.6) is 0 Å². The first kappa shape index (κ1) is 11.7. The van der Waals surface area contributed by atoms with E-state index in [0.717, 1.165) is 5.56 Å². The third-order valence-corrected chi connectivity index (χ3v) is 2.65. The zero-order valence-corrected chi connectivity index (χ0v) is 10.5. The molecule has 0 aliphatic heterocycles. The Hall–Kier alpha value is -0.770. The van der Waals surface area contributed by atoms with E-state index in [1.807, 2.05) is 0 Å². The van der Waals surface area contributed by atoms with Gasteiger partial charge < -0.3 is 4.52 Å². The molecule has 84 valence electrons. The summed E-state index contributed by atoms with van der Waals surface area (Å²) in [5.74, 6) is 1.04. The van der Waals surface area contributed by atoms with Gasteiger partial charge in [-0.05, 0) is 0 Å². The summed E-state index contributed by atoms with van der Waals surface area (Å²) in [6.45, 7) is 1.73. The topological polar surface area (TPSA) is 38.9 Å². The van der Waals surface area contributed by atoms with Crippen LogP contribution in [0.4, 0.5) is 0 Å². The highest BCUT2D eigenvalue weighted by molar-refractivity contribution is 6.66. The number of alkyl halides is 3. The minimum absolute atomic E-state index is 0.514. The Labute approximate surface area is 107 Å². The molecule has 3 nitrogen and oxygen atoms in total. The molecule has 0 atom stereocenters. The molecule has 16 heavy (non-hydrogen) atoms. The van der Waals surface area contributed by atoms with Crippen LogP contribution in [0.15, 0.2) is 28.8 Å². The molecule has 1 aromatic carbocycles. The highest BCUT2D eigenvalue weighted by Crippen LogP contribution is 2.38. The molecular weight excluding hydrogens is 270 g/mol. The van der Waals surface area contributed by atoms with Crippen molar-refractivity contribution < 1.29 is 4.52 Å². The summed E-state index contributed by atoms with van der Waals surface area (Å²) in [5.41, 5.74) is 1.41. The van der Waals surface area contributed by atoms with Gasteiger partial charge in [-0.2, -0.15) is 4.98 Å². The first-order valence-corrected chi connectivity index (χ1v) is 5.58. The first-order valence-electron chi connectivity index (χ1n) is 4.45. The minimum atomic E-state index is -1.41. The Morgan fingerprint density at radius 3 is 2.19 bits per heavy atom. The van der Waals surface area contributed by atoms with Gasteiger partial charge in [-0.15, -0.1) is 0 Å². The van der Waals surface area contributed by atoms with Crippen LogP contribution in [0, 0.1) is 6.92 Å². The van der Waals surface area contributed by atoms with E-state index >= 15 is 0 Å². The number of hydrogen-bond donors (Lipinski definition) is 0. The van der Waals surface area contributed by atoms with Gasteiger partial charge >= 0.3 is 0 Å². The average Bonchev–Trinajstić information content (AvgIpc) is 2.64. The quantitative estimate of drug-likeness (QED) is 0.743. The maximum absolute atomic E-state index is 5.74. The molecular formula is C10H7Cl3N2O. The number of aromatic nitrogens is 2. The average molecular weight is 278 g/mol. The Morgan fingerprint density at radius 2 is 1.75 bits per heavy atom. The fraction of sp³-hybridized carbons (Fsp3) is 0.200. The molecule has 0 saturated heterocycles. The third-order valence-electron chi connectivity index (χ3n) is 2.00. The first-order chi connectivity index (χ1) is 7.47. The molecule has 0 aliphatic carbocycles. The van der Waals surface area contributed by atoms with Crippen molar-refractivity contribution in [3.63, 3.8) is 0 Å². The lowest BCUT2D eigenvalue weighted by Gasteiger charge is -2.10. The van der Waals surface area contributed by atoms with Gasteiger partial charge in [-0.3, -0.25) is 0 Å². The molecule has 0 aliphatic rings. The minimum Gasteiger partial charge on any atom is -0.339 e. The van der Waals surface area contributed by atoms with E-state index in [2.05, 4.69) is 10.1 Å². The van der Waals surface area contributed by atoms with Crippen LogP contribution in [0.3, 0.4) is 0 Å². The van der Waals surface area contributed by atoms with Crippen molar-refractivity contribution in [3.8, 4) is 11.4 Å². The SMILES string of the molecule is Cc1nc(-c2ccc(C(Cl)(Cl)Cl)cc2)no1. The molecule has 0 amide bonds. The van der Waals surface area contributed by atoms with Gasteiger partial charge in [-0.25, -0.2) is 0 Å². The Bertz CT molecular complexity index is 488. The lowest BCUT2D eigenvalue weighted by molar-refractivity contribution is 0.394. The molecule has 2 rings (SSSR count). The van der Waals surface area contributed by atoms with E-state index in [4.69, 9.17) is 39.3 Å². The van der Waals surface area contributed by atoms with Crippen molar-refractivity contribution in [3.05, 3.63) is 35.7 Å². The van der Waals surface area contributed by atoms with Gasteiger partial charge in [0.2, 0.25) is 15.5 Å². The predicted octanol–water partition coefficient (Wildman–Crippen LogP) is 3.87. The second-order valence-corrected chi connectivity index (χ2v) is 5.49. The molecule has 6 heteroatoms. The van der Waals surface area contributed by atoms with E-state index in [1.54, 1.807) is 31.2 Å². The second kappa shape index (κ2) is 4.24. The monoisotopic (exact) mass is 276 g/mol. The molecule has 0 spiro atoms. The zero-order valence-electron chi connectivity index (χ0n) is 8.25. The number of nitrogens with zero attached hydrogens (tertiary/aromatic N) is 2. The molecule has 0 saturated carbocycles. The molecule has 0 bridgehead atoms. The lowest BCUT2D eigenvalue weighted by atomic mass is 10.1. The van der Waals surface area contributed by atoms with E-state index < -0.39 is 3.79 Å². The van der Waals surface area contributed by atoms with Gasteiger partial charge in [0.25, 0.3) is 0 Å². The van der Waals surface area contributed by atoms with Crippen LogP contribution in [-0.2, 0) is 3.79 Å². The molecule has 1 aromatic heterocycles. The van der Waals surface area contributed by atoms with Crippen LogP contribution in [-0.4, -0.2) is 10.1 Å².